The minimum absolute atomic E-state index is 0.337. The maximum atomic E-state index is 13.6. The minimum atomic E-state index is -0.337. The predicted octanol–water partition coefficient (Wildman–Crippen LogP) is 4.27. The second kappa shape index (κ2) is 4.83. The van der Waals surface area contributed by atoms with Gasteiger partial charge in [-0.1, -0.05) is 0 Å². The maximum Gasteiger partial charge on any atom is 0.161 e. The Labute approximate surface area is 126 Å². The zero-order chi connectivity index (χ0) is 13.6. The van der Waals surface area contributed by atoms with Crippen molar-refractivity contribution < 1.29 is 4.39 Å². The van der Waals surface area contributed by atoms with Crippen molar-refractivity contribution in [1.29, 1.82) is 0 Å². The van der Waals surface area contributed by atoms with E-state index in [2.05, 4.69) is 41.8 Å². The normalized spacial score (nSPS) is 14.7. The molecule has 0 aliphatic heterocycles. The molecule has 0 spiro atoms. The molecule has 2 N–H and O–H groups in total. The number of aromatic nitrogens is 2. The van der Waals surface area contributed by atoms with Crippen LogP contribution in [-0.2, 0) is 0 Å². The van der Waals surface area contributed by atoms with E-state index < -0.39 is 0 Å². The second-order valence-corrected chi connectivity index (χ2v) is 6.18. The zero-order valence-electron chi connectivity index (χ0n) is 9.83. The van der Waals surface area contributed by atoms with Crippen molar-refractivity contribution in [1.82, 2.24) is 9.97 Å². The molecule has 6 heteroatoms. The minimum Gasteiger partial charge on any atom is -0.383 e. The molecule has 1 aromatic heterocycles. The third-order valence-electron chi connectivity index (χ3n) is 3.04. The standard InChI is InChI=1S/C13H10Br2FN3/c14-8-4-3-7(5-9(8)16)13-18-11(6-1-2-6)10(15)12(17)19-13/h3-6H,1-2H2,(H2,17,18,19). The molecule has 1 saturated carbocycles. The van der Waals surface area contributed by atoms with Crippen LogP contribution in [0.5, 0.6) is 0 Å². The largest absolute Gasteiger partial charge is 0.383 e. The van der Waals surface area contributed by atoms with Crippen LogP contribution in [0.3, 0.4) is 0 Å². The molecule has 1 aromatic carbocycles. The Morgan fingerprint density at radius 1 is 1.21 bits per heavy atom. The highest BCUT2D eigenvalue weighted by Crippen LogP contribution is 2.44. The number of hydrogen-bond acceptors (Lipinski definition) is 3. The summed E-state index contributed by atoms with van der Waals surface area (Å²) in [5, 5.41) is 0. The first-order valence-corrected chi connectivity index (χ1v) is 7.43. The van der Waals surface area contributed by atoms with E-state index in [9.17, 15) is 4.39 Å². The molecule has 0 radical (unpaired) electrons. The number of nitrogens with two attached hydrogens (primary N) is 1. The van der Waals surface area contributed by atoms with E-state index in [-0.39, 0.29) is 5.82 Å². The van der Waals surface area contributed by atoms with E-state index in [1.54, 1.807) is 12.1 Å². The SMILES string of the molecule is Nc1nc(-c2ccc(Br)c(F)c2)nc(C2CC2)c1Br. The van der Waals surface area contributed by atoms with Gasteiger partial charge in [0.15, 0.2) is 5.82 Å². The van der Waals surface area contributed by atoms with Crippen molar-refractivity contribution in [3.8, 4) is 11.4 Å². The van der Waals surface area contributed by atoms with Gasteiger partial charge >= 0.3 is 0 Å². The van der Waals surface area contributed by atoms with Crippen molar-refractivity contribution in [2.45, 2.75) is 18.8 Å². The molecule has 0 saturated heterocycles. The fraction of sp³-hybridized carbons (Fsp3) is 0.231. The number of nitrogen functional groups attached to an aromatic ring is 1. The molecule has 1 fully saturated rings. The van der Waals surface area contributed by atoms with Gasteiger partial charge in [-0.15, -0.1) is 0 Å². The fourth-order valence-corrected chi connectivity index (χ4v) is 2.62. The molecule has 98 valence electrons. The third-order valence-corrected chi connectivity index (χ3v) is 4.50. The van der Waals surface area contributed by atoms with Gasteiger partial charge in [-0.05, 0) is 62.9 Å². The van der Waals surface area contributed by atoms with Crippen molar-refractivity contribution >= 4 is 37.7 Å². The lowest BCUT2D eigenvalue weighted by molar-refractivity contribution is 0.621. The monoisotopic (exact) mass is 385 g/mol. The van der Waals surface area contributed by atoms with Gasteiger partial charge in [0, 0.05) is 11.5 Å². The van der Waals surface area contributed by atoms with Gasteiger partial charge in [-0.2, -0.15) is 0 Å². The number of rotatable bonds is 2. The van der Waals surface area contributed by atoms with Gasteiger partial charge in [-0.25, -0.2) is 14.4 Å². The Hall–Kier alpha value is -1.01. The Balaban J connectivity index is 2.11. The number of benzene rings is 1. The molecular weight excluding hydrogens is 377 g/mol. The quantitative estimate of drug-likeness (QED) is 0.838. The summed E-state index contributed by atoms with van der Waals surface area (Å²) >= 11 is 6.55. The number of halogens is 3. The first-order valence-electron chi connectivity index (χ1n) is 5.84. The first-order chi connectivity index (χ1) is 9.06. The summed E-state index contributed by atoms with van der Waals surface area (Å²) in [5.74, 6) is 0.971. The molecule has 3 rings (SSSR count). The van der Waals surface area contributed by atoms with Crippen molar-refractivity contribution in [2.24, 2.45) is 0 Å². The van der Waals surface area contributed by atoms with Crippen LogP contribution in [0, 0.1) is 5.82 Å². The van der Waals surface area contributed by atoms with E-state index in [1.165, 1.54) is 6.07 Å². The van der Waals surface area contributed by atoms with Gasteiger partial charge < -0.3 is 5.73 Å². The fourth-order valence-electron chi connectivity index (χ4n) is 1.87. The molecule has 0 unspecified atom stereocenters. The predicted molar refractivity (Wildman–Crippen MR) is 79.2 cm³/mol. The lowest BCUT2D eigenvalue weighted by Gasteiger charge is -2.08. The summed E-state index contributed by atoms with van der Waals surface area (Å²) in [7, 11) is 0. The second-order valence-electron chi connectivity index (χ2n) is 4.53. The zero-order valence-corrected chi connectivity index (χ0v) is 13.0. The summed E-state index contributed by atoms with van der Waals surface area (Å²) in [5.41, 5.74) is 7.44. The number of hydrogen-bond donors (Lipinski definition) is 1. The summed E-state index contributed by atoms with van der Waals surface area (Å²) in [6, 6.07) is 4.82. The topological polar surface area (TPSA) is 51.8 Å². The Bertz CT molecular complexity index is 657. The van der Waals surface area contributed by atoms with Crippen LogP contribution < -0.4 is 5.73 Å². The molecule has 0 bridgehead atoms. The Kier molecular flexibility index (Phi) is 3.30. The van der Waals surface area contributed by atoms with Crippen LogP contribution >= 0.6 is 31.9 Å². The molecular formula is C13H10Br2FN3. The van der Waals surface area contributed by atoms with Crippen LogP contribution in [-0.4, -0.2) is 9.97 Å². The van der Waals surface area contributed by atoms with Crippen LogP contribution in [0.15, 0.2) is 27.1 Å². The van der Waals surface area contributed by atoms with Gasteiger partial charge in [0.2, 0.25) is 0 Å². The summed E-state index contributed by atoms with van der Waals surface area (Å²) in [4.78, 5) is 8.74. The molecule has 0 atom stereocenters. The maximum absolute atomic E-state index is 13.6. The highest BCUT2D eigenvalue weighted by atomic mass is 79.9. The number of anilines is 1. The highest BCUT2D eigenvalue weighted by Gasteiger charge is 2.29. The average Bonchev–Trinajstić information content (AvgIpc) is 3.20. The number of nitrogens with zero attached hydrogens (tertiary/aromatic N) is 2. The van der Waals surface area contributed by atoms with Crippen LogP contribution in [0.4, 0.5) is 10.2 Å². The molecule has 1 aliphatic carbocycles. The van der Waals surface area contributed by atoms with Gasteiger partial charge in [0.25, 0.3) is 0 Å². The van der Waals surface area contributed by atoms with Crippen molar-refractivity contribution in [3.05, 3.63) is 38.7 Å². The lowest BCUT2D eigenvalue weighted by Crippen LogP contribution is -2.02. The van der Waals surface area contributed by atoms with Gasteiger partial charge in [-0.3, -0.25) is 0 Å². The summed E-state index contributed by atoms with van der Waals surface area (Å²) < 4.78 is 14.8. The van der Waals surface area contributed by atoms with E-state index in [0.717, 1.165) is 23.0 Å². The van der Waals surface area contributed by atoms with E-state index >= 15 is 0 Å². The van der Waals surface area contributed by atoms with Gasteiger partial charge in [0.1, 0.15) is 11.6 Å². The molecule has 2 aromatic rings. The summed E-state index contributed by atoms with van der Waals surface area (Å²) in [6.45, 7) is 0. The first kappa shape index (κ1) is 13.0. The van der Waals surface area contributed by atoms with Crippen LogP contribution in [0.2, 0.25) is 0 Å². The molecule has 1 aliphatic rings. The Morgan fingerprint density at radius 2 is 1.95 bits per heavy atom. The summed E-state index contributed by atoms with van der Waals surface area (Å²) in [6.07, 6.45) is 2.23. The average molecular weight is 387 g/mol. The van der Waals surface area contributed by atoms with Crippen LogP contribution in [0.25, 0.3) is 11.4 Å². The van der Waals surface area contributed by atoms with Gasteiger partial charge in [0.05, 0.1) is 14.6 Å². The smallest absolute Gasteiger partial charge is 0.161 e. The molecule has 0 amide bonds. The van der Waals surface area contributed by atoms with Crippen molar-refractivity contribution in [3.63, 3.8) is 0 Å². The van der Waals surface area contributed by atoms with Crippen molar-refractivity contribution in [2.75, 3.05) is 5.73 Å². The molecule has 3 nitrogen and oxygen atoms in total. The lowest BCUT2D eigenvalue weighted by atomic mass is 10.2. The highest BCUT2D eigenvalue weighted by molar-refractivity contribution is 9.11. The van der Waals surface area contributed by atoms with E-state index in [1.807, 2.05) is 0 Å². The Morgan fingerprint density at radius 3 is 2.58 bits per heavy atom. The molecule has 19 heavy (non-hydrogen) atoms. The van der Waals surface area contributed by atoms with Crippen LogP contribution in [0.1, 0.15) is 24.5 Å². The van der Waals surface area contributed by atoms with E-state index in [4.69, 9.17) is 5.73 Å². The third kappa shape index (κ3) is 2.51. The molecule has 1 heterocycles. The van der Waals surface area contributed by atoms with E-state index in [0.29, 0.717) is 27.6 Å².